The zero-order valence-corrected chi connectivity index (χ0v) is 15.7. The summed E-state index contributed by atoms with van der Waals surface area (Å²) in [5, 5.41) is 0. The lowest BCUT2D eigenvalue weighted by Crippen LogP contribution is -2.45. The smallest absolute Gasteiger partial charge is 0.228 e. The lowest BCUT2D eigenvalue weighted by atomic mass is 9.71. The first-order valence-corrected chi connectivity index (χ1v) is 9.96. The third kappa shape index (κ3) is 3.72. The van der Waals surface area contributed by atoms with Crippen molar-refractivity contribution in [3.05, 3.63) is 35.6 Å². The van der Waals surface area contributed by atoms with E-state index in [-0.39, 0.29) is 35.4 Å². The lowest BCUT2D eigenvalue weighted by Gasteiger charge is -2.38. The monoisotopic (exact) mass is 374 g/mol. The minimum absolute atomic E-state index is 0.0248. The summed E-state index contributed by atoms with van der Waals surface area (Å²) in [6.45, 7) is 4.04. The summed E-state index contributed by atoms with van der Waals surface area (Å²) in [5.41, 5.74) is 0.505. The van der Waals surface area contributed by atoms with Gasteiger partial charge in [-0.05, 0) is 43.4 Å². The Labute approximate surface area is 159 Å². The quantitative estimate of drug-likeness (QED) is 0.815. The van der Waals surface area contributed by atoms with Gasteiger partial charge in [0.05, 0.1) is 12.3 Å². The third-order valence-electron chi connectivity index (χ3n) is 6.45. The summed E-state index contributed by atoms with van der Waals surface area (Å²) in [6, 6.07) is 6.19. The third-order valence-corrected chi connectivity index (χ3v) is 6.45. The van der Waals surface area contributed by atoms with Gasteiger partial charge in [0.25, 0.3) is 0 Å². The van der Waals surface area contributed by atoms with Crippen LogP contribution in [0.1, 0.15) is 31.2 Å². The predicted octanol–water partition coefficient (Wildman–Crippen LogP) is 2.25. The number of likely N-dealkylation sites (tertiary alicyclic amines) is 2. The Morgan fingerprint density at radius 1 is 1.15 bits per heavy atom. The van der Waals surface area contributed by atoms with E-state index in [4.69, 9.17) is 4.74 Å². The molecule has 0 saturated carbocycles. The van der Waals surface area contributed by atoms with Gasteiger partial charge in [0.2, 0.25) is 11.8 Å². The normalized spacial score (nSPS) is 24.6. The van der Waals surface area contributed by atoms with Gasteiger partial charge in [-0.15, -0.1) is 0 Å². The number of carbonyl (C=O) groups is 2. The predicted molar refractivity (Wildman–Crippen MR) is 98.5 cm³/mol. The van der Waals surface area contributed by atoms with Crippen molar-refractivity contribution < 1.29 is 18.7 Å². The number of hydrogen-bond acceptors (Lipinski definition) is 3. The zero-order chi connectivity index (χ0) is 18.9. The van der Waals surface area contributed by atoms with Crippen molar-refractivity contribution in [3.63, 3.8) is 0 Å². The first-order chi connectivity index (χ1) is 13.1. The molecule has 3 aliphatic rings. The van der Waals surface area contributed by atoms with E-state index in [0.717, 1.165) is 38.8 Å². The van der Waals surface area contributed by atoms with Gasteiger partial charge in [-0.2, -0.15) is 0 Å². The van der Waals surface area contributed by atoms with Gasteiger partial charge in [-0.1, -0.05) is 12.1 Å². The minimum atomic E-state index is -0.329. The number of hydrogen-bond donors (Lipinski definition) is 0. The van der Waals surface area contributed by atoms with Crippen molar-refractivity contribution in [2.45, 2.75) is 32.1 Å². The summed E-state index contributed by atoms with van der Waals surface area (Å²) in [6.07, 6.45) is 3.95. The number of benzene rings is 1. The molecule has 4 rings (SSSR count). The Morgan fingerprint density at radius 3 is 2.59 bits per heavy atom. The van der Waals surface area contributed by atoms with E-state index in [1.807, 2.05) is 9.80 Å². The zero-order valence-electron chi connectivity index (χ0n) is 15.7. The fraction of sp³-hybridized carbons (Fsp3) is 0.619. The van der Waals surface area contributed by atoms with Crippen molar-refractivity contribution in [2.75, 3.05) is 39.4 Å². The molecule has 1 spiro atoms. The van der Waals surface area contributed by atoms with Crippen molar-refractivity contribution in [3.8, 4) is 0 Å². The van der Waals surface area contributed by atoms with Crippen LogP contribution < -0.4 is 0 Å². The molecule has 5 nitrogen and oxygen atoms in total. The second-order valence-corrected chi connectivity index (χ2v) is 8.14. The average molecular weight is 374 g/mol. The summed E-state index contributed by atoms with van der Waals surface area (Å²) in [7, 11) is 0. The molecule has 1 atom stereocenters. The summed E-state index contributed by atoms with van der Waals surface area (Å²) < 4.78 is 19.0. The molecule has 27 heavy (non-hydrogen) atoms. The minimum Gasteiger partial charge on any atom is -0.381 e. The Kier molecular flexibility index (Phi) is 5.17. The number of amides is 2. The van der Waals surface area contributed by atoms with Crippen LogP contribution in [0, 0.1) is 17.2 Å². The van der Waals surface area contributed by atoms with Crippen LogP contribution in [0.2, 0.25) is 0 Å². The highest BCUT2D eigenvalue weighted by molar-refractivity contribution is 5.84. The summed E-state index contributed by atoms with van der Waals surface area (Å²) in [5.74, 6) is -0.292. The number of ether oxygens (including phenoxy) is 1. The molecule has 3 aliphatic heterocycles. The van der Waals surface area contributed by atoms with E-state index in [0.29, 0.717) is 31.9 Å². The van der Waals surface area contributed by atoms with E-state index < -0.39 is 0 Å². The number of nitrogens with zero attached hydrogens (tertiary/aromatic N) is 2. The first-order valence-electron chi connectivity index (χ1n) is 9.96. The molecular formula is C21H27FN2O3. The Bertz CT molecular complexity index is 711. The van der Waals surface area contributed by atoms with E-state index in [1.54, 1.807) is 12.1 Å². The van der Waals surface area contributed by atoms with Crippen LogP contribution >= 0.6 is 0 Å². The Morgan fingerprint density at radius 2 is 1.89 bits per heavy atom. The topological polar surface area (TPSA) is 49.9 Å². The van der Waals surface area contributed by atoms with Crippen LogP contribution in [-0.4, -0.2) is 61.0 Å². The van der Waals surface area contributed by atoms with Crippen LogP contribution in [0.15, 0.2) is 24.3 Å². The summed E-state index contributed by atoms with van der Waals surface area (Å²) >= 11 is 0. The molecule has 0 aromatic heterocycles. The maximum atomic E-state index is 13.4. The molecule has 3 heterocycles. The molecule has 1 unspecified atom stereocenters. The van der Waals surface area contributed by atoms with E-state index in [9.17, 15) is 14.0 Å². The molecular weight excluding hydrogens is 347 g/mol. The number of rotatable bonds is 3. The van der Waals surface area contributed by atoms with Gasteiger partial charge in [0, 0.05) is 44.8 Å². The fourth-order valence-electron chi connectivity index (χ4n) is 4.87. The number of carbonyl (C=O) groups excluding carboxylic acids is 2. The molecule has 0 N–H and O–H groups in total. The molecule has 0 bridgehead atoms. The largest absolute Gasteiger partial charge is 0.381 e. The van der Waals surface area contributed by atoms with E-state index >= 15 is 0 Å². The van der Waals surface area contributed by atoms with Crippen LogP contribution in [0.3, 0.4) is 0 Å². The molecule has 2 amide bonds. The highest BCUT2D eigenvalue weighted by Crippen LogP contribution is 2.45. The summed E-state index contributed by atoms with van der Waals surface area (Å²) in [4.78, 5) is 29.9. The number of halogens is 1. The van der Waals surface area contributed by atoms with Gasteiger partial charge in [-0.25, -0.2) is 4.39 Å². The maximum Gasteiger partial charge on any atom is 0.228 e. The molecule has 1 aromatic carbocycles. The average Bonchev–Trinajstić information content (AvgIpc) is 3.31. The second kappa shape index (κ2) is 7.58. The fourth-order valence-corrected chi connectivity index (χ4v) is 4.87. The van der Waals surface area contributed by atoms with Crippen molar-refractivity contribution in [2.24, 2.45) is 11.3 Å². The van der Waals surface area contributed by atoms with Gasteiger partial charge < -0.3 is 14.5 Å². The molecule has 1 aromatic rings. The van der Waals surface area contributed by atoms with Crippen LogP contribution in [-0.2, 0) is 20.7 Å². The maximum absolute atomic E-state index is 13.4. The first kappa shape index (κ1) is 18.4. The second-order valence-electron chi connectivity index (χ2n) is 8.14. The molecule has 0 radical (unpaired) electrons. The van der Waals surface area contributed by atoms with Crippen LogP contribution in [0.25, 0.3) is 0 Å². The lowest BCUT2D eigenvalue weighted by molar-refractivity contribution is -0.139. The van der Waals surface area contributed by atoms with Gasteiger partial charge >= 0.3 is 0 Å². The van der Waals surface area contributed by atoms with Crippen LogP contribution in [0.4, 0.5) is 4.39 Å². The van der Waals surface area contributed by atoms with E-state index in [1.165, 1.54) is 12.1 Å². The molecule has 3 fully saturated rings. The van der Waals surface area contributed by atoms with Gasteiger partial charge in [-0.3, -0.25) is 9.59 Å². The van der Waals surface area contributed by atoms with Crippen molar-refractivity contribution >= 4 is 11.8 Å². The highest BCUT2D eigenvalue weighted by Gasteiger charge is 2.52. The van der Waals surface area contributed by atoms with Crippen molar-refractivity contribution in [1.82, 2.24) is 9.80 Å². The standard InChI is InChI=1S/C21H27FN2O3/c22-17-5-3-4-16(12-17)13-19(25)24-14-18(20(26)23-8-1-2-9-23)21(15-24)6-10-27-11-7-21/h3-5,12,18H,1-2,6-11,13-15H2. The molecule has 3 saturated heterocycles. The molecule has 0 aliphatic carbocycles. The highest BCUT2D eigenvalue weighted by atomic mass is 19.1. The van der Waals surface area contributed by atoms with Gasteiger partial charge in [0.1, 0.15) is 5.82 Å². The SMILES string of the molecule is O=C(Cc1cccc(F)c1)N1CC(C(=O)N2CCCC2)C2(CCOCC2)C1. The van der Waals surface area contributed by atoms with E-state index in [2.05, 4.69) is 0 Å². The molecule has 6 heteroatoms. The van der Waals surface area contributed by atoms with Crippen LogP contribution in [0.5, 0.6) is 0 Å². The Balaban J connectivity index is 1.51. The Hall–Kier alpha value is -1.95. The van der Waals surface area contributed by atoms with Crippen molar-refractivity contribution in [1.29, 1.82) is 0 Å². The van der Waals surface area contributed by atoms with Gasteiger partial charge in [0.15, 0.2) is 0 Å². The molecule has 146 valence electrons.